The lowest BCUT2D eigenvalue weighted by Crippen LogP contribution is -2.30. The second kappa shape index (κ2) is 9.17. The number of amides is 1. The van der Waals surface area contributed by atoms with E-state index in [0.717, 1.165) is 33.0 Å². The summed E-state index contributed by atoms with van der Waals surface area (Å²) in [6.07, 6.45) is 1.20. The van der Waals surface area contributed by atoms with E-state index in [4.69, 9.17) is 4.42 Å². The molecule has 0 saturated heterocycles. The van der Waals surface area contributed by atoms with E-state index in [1.807, 2.05) is 74.5 Å². The van der Waals surface area contributed by atoms with Crippen molar-refractivity contribution in [1.82, 2.24) is 0 Å². The number of nitrogens with one attached hydrogen (secondary N) is 1. The van der Waals surface area contributed by atoms with Gasteiger partial charge in [0.05, 0.1) is 18.5 Å². The van der Waals surface area contributed by atoms with Gasteiger partial charge in [0.2, 0.25) is 10.0 Å². The molecular weight excluding hydrogens is 472 g/mol. The fourth-order valence-electron chi connectivity index (χ4n) is 4.30. The standard InChI is InChI=1S/C29H26N2O4S/c1-19-8-9-20(2)26(16-19)31(36(3,33)34)18-21-10-12-22(13-11-21)29(32)30-23-14-15-25-24-6-4-5-7-27(24)35-28(25)17-23/h4-17H,18H2,1-3H3,(H,30,32). The van der Waals surface area contributed by atoms with Crippen LogP contribution in [0.1, 0.15) is 27.0 Å². The summed E-state index contributed by atoms with van der Waals surface area (Å²) < 4.78 is 32.5. The highest BCUT2D eigenvalue weighted by molar-refractivity contribution is 7.92. The highest BCUT2D eigenvalue weighted by atomic mass is 32.2. The van der Waals surface area contributed by atoms with Gasteiger partial charge in [-0.3, -0.25) is 9.10 Å². The topological polar surface area (TPSA) is 79.6 Å². The fourth-order valence-corrected chi connectivity index (χ4v) is 5.24. The Hall–Kier alpha value is -4.10. The number of sulfonamides is 1. The first kappa shape index (κ1) is 23.6. The van der Waals surface area contributed by atoms with Gasteiger partial charge in [-0.25, -0.2) is 8.42 Å². The van der Waals surface area contributed by atoms with Crippen molar-refractivity contribution in [2.24, 2.45) is 0 Å². The molecule has 0 saturated carbocycles. The molecule has 0 aliphatic heterocycles. The average molecular weight is 499 g/mol. The van der Waals surface area contributed by atoms with Gasteiger partial charge in [0.25, 0.3) is 5.91 Å². The molecule has 1 heterocycles. The van der Waals surface area contributed by atoms with Gasteiger partial charge in [-0.15, -0.1) is 0 Å². The highest BCUT2D eigenvalue weighted by Crippen LogP contribution is 2.30. The summed E-state index contributed by atoms with van der Waals surface area (Å²) >= 11 is 0. The molecule has 36 heavy (non-hydrogen) atoms. The summed E-state index contributed by atoms with van der Waals surface area (Å²) in [6.45, 7) is 4.00. The first-order valence-electron chi connectivity index (χ1n) is 11.6. The monoisotopic (exact) mass is 498 g/mol. The maximum atomic E-state index is 12.9. The number of para-hydroxylation sites is 1. The van der Waals surface area contributed by atoms with Gasteiger partial charge in [0.1, 0.15) is 11.2 Å². The van der Waals surface area contributed by atoms with Crippen molar-refractivity contribution < 1.29 is 17.6 Å². The van der Waals surface area contributed by atoms with Crippen LogP contribution in [0, 0.1) is 13.8 Å². The van der Waals surface area contributed by atoms with Crippen molar-refractivity contribution in [2.45, 2.75) is 20.4 Å². The summed E-state index contributed by atoms with van der Waals surface area (Å²) in [7, 11) is -3.51. The minimum atomic E-state index is -3.51. The number of anilines is 2. The van der Waals surface area contributed by atoms with Gasteiger partial charge in [-0.1, -0.05) is 42.5 Å². The molecule has 6 nitrogen and oxygen atoms in total. The number of aryl methyl sites for hydroxylation is 2. The number of hydrogen-bond donors (Lipinski definition) is 1. The van der Waals surface area contributed by atoms with E-state index in [1.54, 1.807) is 24.3 Å². The zero-order chi connectivity index (χ0) is 25.4. The molecule has 0 spiro atoms. The normalized spacial score (nSPS) is 11.6. The SMILES string of the molecule is Cc1ccc(C)c(N(Cc2ccc(C(=O)Nc3ccc4c(c3)oc3ccccc34)cc2)S(C)(=O)=O)c1. The molecule has 1 aromatic heterocycles. The van der Waals surface area contributed by atoms with Gasteiger partial charge < -0.3 is 9.73 Å². The van der Waals surface area contributed by atoms with Crippen LogP contribution >= 0.6 is 0 Å². The van der Waals surface area contributed by atoms with Crippen LogP contribution in [0.3, 0.4) is 0 Å². The summed E-state index contributed by atoms with van der Waals surface area (Å²) in [4.78, 5) is 12.9. The molecule has 4 aromatic carbocycles. The van der Waals surface area contributed by atoms with E-state index < -0.39 is 10.0 Å². The second-order valence-electron chi connectivity index (χ2n) is 9.02. The van der Waals surface area contributed by atoms with E-state index in [0.29, 0.717) is 22.5 Å². The summed E-state index contributed by atoms with van der Waals surface area (Å²) in [6, 6.07) is 26.1. The van der Waals surface area contributed by atoms with E-state index in [9.17, 15) is 13.2 Å². The minimum absolute atomic E-state index is 0.174. The Morgan fingerprint density at radius 1 is 0.861 bits per heavy atom. The van der Waals surface area contributed by atoms with Crippen LogP contribution in [-0.2, 0) is 16.6 Å². The molecule has 1 N–H and O–H groups in total. The number of furan rings is 1. The number of fused-ring (bicyclic) bond motifs is 3. The van der Waals surface area contributed by atoms with Crippen molar-refractivity contribution in [3.63, 3.8) is 0 Å². The van der Waals surface area contributed by atoms with Crippen LogP contribution in [-0.4, -0.2) is 20.6 Å². The summed E-state index contributed by atoms with van der Waals surface area (Å²) in [5.74, 6) is -0.258. The second-order valence-corrected chi connectivity index (χ2v) is 10.9. The lowest BCUT2D eigenvalue weighted by atomic mass is 10.1. The van der Waals surface area contributed by atoms with E-state index >= 15 is 0 Å². The molecule has 0 radical (unpaired) electrons. The molecule has 7 heteroatoms. The molecule has 5 aromatic rings. The maximum Gasteiger partial charge on any atom is 0.255 e. The van der Waals surface area contributed by atoms with Gasteiger partial charge in [-0.2, -0.15) is 0 Å². The largest absolute Gasteiger partial charge is 0.456 e. The zero-order valence-corrected chi connectivity index (χ0v) is 21.1. The fraction of sp³-hybridized carbons (Fsp3) is 0.138. The third-order valence-electron chi connectivity index (χ3n) is 6.21. The molecular formula is C29H26N2O4S. The molecule has 0 fully saturated rings. The Morgan fingerprint density at radius 3 is 2.33 bits per heavy atom. The molecule has 0 aliphatic carbocycles. The van der Waals surface area contributed by atoms with Crippen molar-refractivity contribution in [1.29, 1.82) is 0 Å². The predicted molar refractivity (Wildman–Crippen MR) is 145 cm³/mol. The Labute approximate surface area is 210 Å². The Kier molecular flexibility index (Phi) is 6.02. The van der Waals surface area contributed by atoms with E-state index in [-0.39, 0.29) is 12.5 Å². The first-order valence-corrected chi connectivity index (χ1v) is 13.4. The Balaban J connectivity index is 1.34. The molecule has 5 rings (SSSR count). The van der Waals surface area contributed by atoms with Crippen LogP contribution in [0.5, 0.6) is 0 Å². The van der Waals surface area contributed by atoms with Crippen LogP contribution in [0.2, 0.25) is 0 Å². The number of carbonyl (C=O) groups is 1. The third-order valence-corrected chi connectivity index (χ3v) is 7.34. The molecule has 1 amide bonds. The zero-order valence-electron chi connectivity index (χ0n) is 20.3. The van der Waals surface area contributed by atoms with Crippen LogP contribution in [0.4, 0.5) is 11.4 Å². The lowest BCUT2D eigenvalue weighted by molar-refractivity contribution is 0.102. The maximum absolute atomic E-state index is 12.9. The van der Waals surface area contributed by atoms with Gasteiger partial charge in [0, 0.05) is 28.1 Å². The number of rotatable bonds is 6. The van der Waals surface area contributed by atoms with E-state index in [2.05, 4.69) is 5.32 Å². The highest BCUT2D eigenvalue weighted by Gasteiger charge is 2.20. The van der Waals surface area contributed by atoms with Gasteiger partial charge >= 0.3 is 0 Å². The van der Waals surface area contributed by atoms with Crippen LogP contribution < -0.4 is 9.62 Å². The summed E-state index contributed by atoms with van der Waals surface area (Å²) in [5.41, 5.74) is 5.91. The Bertz CT molecular complexity index is 1700. The van der Waals surface area contributed by atoms with Crippen LogP contribution in [0.25, 0.3) is 21.9 Å². The number of nitrogens with zero attached hydrogens (tertiary/aromatic N) is 1. The summed E-state index contributed by atoms with van der Waals surface area (Å²) in [5, 5.41) is 4.94. The molecule has 0 atom stereocenters. The van der Waals surface area contributed by atoms with Crippen molar-refractivity contribution in [2.75, 3.05) is 15.9 Å². The third kappa shape index (κ3) is 4.70. The minimum Gasteiger partial charge on any atom is -0.456 e. The molecule has 0 bridgehead atoms. The predicted octanol–water partition coefficient (Wildman–Crippen LogP) is 6.42. The van der Waals surface area contributed by atoms with E-state index in [1.165, 1.54) is 10.6 Å². The van der Waals surface area contributed by atoms with Crippen LogP contribution in [0.15, 0.2) is 89.3 Å². The number of benzene rings is 4. The molecule has 182 valence electrons. The molecule has 0 unspecified atom stereocenters. The average Bonchev–Trinajstić information content (AvgIpc) is 3.21. The van der Waals surface area contributed by atoms with Crippen molar-refractivity contribution >= 4 is 49.2 Å². The van der Waals surface area contributed by atoms with Crippen molar-refractivity contribution in [3.8, 4) is 0 Å². The first-order chi connectivity index (χ1) is 17.2. The lowest BCUT2D eigenvalue weighted by Gasteiger charge is -2.25. The number of carbonyl (C=O) groups excluding carboxylic acids is 1. The number of hydrogen-bond acceptors (Lipinski definition) is 4. The smallest absolute Gasteiger partial charge is 0.255 e. The van der Waals surface area contributed by atoms with Gasteiger partial charge in [0.15, 0.2) is 0 Å². The van der Waals surface area contributed by atoms with Gasteiger partial charge in [-0.05, 0) is 66.9 Å². The molecule has 0 aliphatic rings. The Morgan fingerprint density at radius 2 is 1.58 bits per heavy atom. The quantitative estimate of drug-likeness (QED) is 0.293. The van der Waals surface area contributed by atoms with Crippen molar-refractivity contribution in [3.05, 3.63) is 107 Å².